The average Bonchev–Trinajstić information content (AvgIpc) is 3.23. The molecule has 0 aliphatic carbocycles. The summed E-state index contributed by atoms with van der Waals surface area (Å²) in [6, 6.07) is 18.0. The molecule has 1 N–H and O–H groups in total. The topological polar surface area (TPSA) is 76.7 Å². The van der Waals surface area contributed by atoms with Gasteiger partial charge in [-0.3, -0.25) is 9.78 Å². The minimum absolute atomic E-state index is 0.200. The number of pyridine rings is 1. The van der Waals surface area contributed by atoms with E-state index in [4.69, 9.17) is 32.4 Å². The van der Waals surface area contributed by atoms with Crippen molar-refractivity contribution in [1.82, 2.24) is 10.4 Å². The molecule has 2 heterocycles. The molecule has 2 aromatic carbocycles. The van der Waals surface area contributed by atoms with Gasteiger partial charge in [0, 0.05) is 17.1 Å². The number of ether oxygens (including phenoxy) is 1. The van der Waals surface area contributed by atoms with Gasteiger partial charge in [0.15, 0.2) is 6.61 Å². The number of nitrogens with zero attached hydrogens (tertiary/aromatic N) is 2. The van der Waals surface area contributed by atoms with Gasteiger partial charge in [0.05, 0.1) is 16.3 Å². The van der Waals surface area contributed by atoms with Crippen molar-refractivity contribution in [3.8, 4) is 17.1 Å². The molecule has 2 aromatic heterocycles. The maximum Gasteiger partial charge on any atom is 0.277 e. The Bertz CT molecular complexity index is 1230. The molecular formula is C22H15Cl2N3O3. The lowest BCUT2D eigenvalue weighted by molar-refractivity contribution is -0.123. The van der Waals surface area contributed by atoms with Crippen molar-refractivity contribution in [2.45, 2.75) is 0 Å². The summed E-state index contributed by atoms with van der Waals surface area (Å²) in [4.78, 5) is 16.3. The molecular weight excluding hydrogens is 425 g/mol. The highest BCUT2D eigenvalue weighted by Gasteiger charge is 2.10. The lowest BCUT2D eigenvalue weighted by Crippen LogP contribution is -2.24. The maximum absolute atomic E-state index is 12.0. The first-order valence-corrected chi connectivity index (χ1v) is 9.70. The molecule has 1 amide bonds. The Morgan fingerprint density at radius 3 is 2.83 bits per heavy atom. The molecule has 0 saturated carbocycles. The van der Waals surface area contributed by atoms with E-state index < -0.39 is 5.91 Å². The van der Waals surface area contributed by atoms with E-state index in [0.717, 1.165) is 5.39 Å². The largest absolute Gasteiger partial charge is 0.481 e. The van der Waals surface area contributed by atoms with Crippen LogP contribution in [0.2, 0.25) is 10.0 Å². The van der Waals surface area contributed by atoms with Crippen LogP contribution in [-0.2, 0) is 4.79 Å². The Kier molecular flexibility index (Phi) is 5.97. The van der Waals surface area contributed by atoms with E-state index in [9.17, 15) is 4.79 Å². The Hall–Kier alpha value is -3.35. The monoisotopic (exact) mass is 439 g/mol. The van der Waals surface area contributed by atoms with E-state index in [1.165, 1.54) is 6.21 Å². The summed E-state index contributed by atoms with van der Waals surface area (Å²) in [7, 11) is 0. The number of fused-ring (bicyclic) bond motifs is 1. The number of hydrogen-bond donors (Lipinski definition) is 1. The Morgan fingerprint density at radius 1 is 1.10 bits per heavy atom. The van der Waals surface area contributed by atoms with Crippen molar-refractivity contribution in [2.75, 3.05) is 6.61 Å². The second kappa shape index (κ2) is 8.98. The molecule has 4 rings (SSSR count). The van der Waals surface area contributed by atoms with Crippen LogP contribution in [-0.4, -0.2) is 23.7 Å². The van der Waals surface area contributed by atoms with Crippen LogP contribution in [0.3, 0.4) is 0 Å². The number of carbonyl (C=O) groups excluding carboxylic acids is 1. The van der Waals surface area contributed by atoms with Crippen LogP contribution in [0.4, 0.5) is 0 Å². The fourth-order valence-corrected chi connectivity index (χ4v) is 3.19. The molecule has 8 heteroatoms. The van der Waals surface area contributed by atoms with E-state index in [-0.39, 0.29) is 6.61 Å². The van der Waals surface area contributed by atoms with Gasteiger partial charge < -0.3 is 9.15 Å². The van der Waals surface area contributed by atoms with Crippen molar-refractivity contribution < 1.29 is 13.9 Å². The van der Waals surface area contributed by atoms with Crippen molar-refractivity contribution in [2.24, 2.45) is 5.10 Å². The van der Waals surface area contributed by atoms with E-state index in [2.05, 4.69) is 15.5 Å². The molecule has 4 aromatic rings. The van der Waals surface area contributed by atoms with Crippen molar-refractivity contribution >= 4 is 46.2 Å². The van der Waals surface area contributed by atoms with Gasteiger partial charge in [0.1, 0.15) is 22.8 Å². The number of para-hydroxylation sites is 1. The number of nitrogens with one attached hydrogen (secondary N) is 1. The van der Waals surface area contributed by atoms with E-state index in [1.807, 2.05) is 24.3 Å². The molecule has 0 radical (unpaired) electrons. The molecule has 30 heavy (non-hydrogen) atoms. The summed E-state index contributed by atoms with van der Waals surface area (Å²) in [5.74, 6) is 1.10. The fraction of sp³-hybridized carbons (Fsp3) is 0.0455. The quantitative estimate of drug-likeness (QED) is 0.325. The zero-order valence-electron chi connectivity index (χ0n) is 15.5. The highest BCUT2D eigenvalue weighted by molar-refractivity contribution is 6.43. The van der Waals surface area contributed by atoms with Gasteiger partial charge >= 0.3 is 0 Å². The molecule has 0 atom stereocenters. The minimum atomic E-state index is -0.413. The first kappa shape index (κ1) is 19.9. The van der Waals surface area contributed by atoms with Crippen LogP contribution < -0.4 is 10.2 Å². The Balaban J connectivity index is 1.35. The molecule has 0 fully saturated rings. The van der Waals surface area contributed by atoms with Crippen LogP contribution in [0, 0.1) is 0 Å². The SMILES string of the molecule is O=C(COc1cccc2cccnc12)N/N=C\c1ccc(-c2cccc(Cl)c2Cl)o1. The average molecular weight is 440 g/mol. The first-order valence-electron chi connectivity index (χ1n) is 8.94. The number of aromatic nitrogens is 1. The molecule has 0 aliphatic rings. The predicted molar refractivity (Wildman–Crippen MR) is 117 cm³/mol. The van der Waals surface area contributed by atoms with Crippen molar-refractivity contribution in [1.29, 1.82) is 0 Å². The van der Waals surface area contributed by atoms with E-state index in [1.54, 1.807) is 42.6 Å². The summed E-state index contributed by atoms with van der Waals surface area (Å²) in [5, 5.41) is 5.67. The van der Waals surface area contributed by atoms with Crippen LogP contribution in [0.5, 0.6) is 5.75 Å². The smallest absolute Gasteiger partial charge is 0.277 e. The van der Waals surface area contributed by atoms with E-state index >= 15 is 0 Å². The van der Waals surface area contributed by atoms with Gasteiger partial charge in [-0.25, -0.2) is 5.43 Å². The van der Waals surface area contributed by atoms with Crippen LogP contribution in [0.1, 0.15) is 5.76 Å². The number of hydrogen-bond acceptors (Lipinski definition) is 5. The van der Waals surface area contributed by atoms with Gasteiger partial charge in [0.25, 0.3) is 5.91 Å². The third-order valence-corrected chi connectivity index (χ3v) is 5.00. The van der Waals surface area contributed by atoms with Crippen molar-refractivity contribution in [3.63, 3.8) is 0 Å². The molecule has 150 valence electrons. The molecule has 0 spiro atoms. The molecule has 0 aliphatic heterocycles. The van der Waals surface area contributed by atoms with Gasteiger partial charge in [-0.2, -0.15) is 5.10 Å². The summed E-state index contributed by atoms with van der Waals surface area (Å²) in [6.45, 7) is -0.200. The summed E-state index contributed by atoms with van der Waals surface area (Å²) >= 11 is 12.2. The zero-order chi connectivity index (χ0) is 20.9. The second-order valence-corrected chi connectivity index (χ2v) is 7.00. The Labute approximate surface area is 182 Å². The number of rotatable bonds is 6. The summed E-state index contributed by atoms with van der Waals surface area (Å²) in [5.41, 5.74) is 3.76. The lowest BCUT2D eigenvalue weighted by atomic mass is 10.2. The minimum Gasteiger partial charge on any atom is -0.481 e. The third-order valence-electron chi connectivity index (χ3n) is 4.18. The molecule has 0 bridgehead atoms. The van der Waals surface area contributed by atoms with Crippen molar-refractivity contribution in [3.05, 3.63) is 82.7 Å². The maximum atomic E-state index is 12.0. The van der Waals surface area contributed by atoms with Gasteiger partial charge in [-0.15, -0.1) is 0 Å². The van der Waals surface area contributed by atoms with Gasteiger partial charge in [0.2, 0.25) is 0 Å². The number of benzene rings is 2. The summed E-state index contributed by atoms with van der Waals surface area (Å²) < 4.78 is 11.3. The number of amides is 1. The lowest BCUT2D eigenvalue weighted by Gasteiger charge is -2.07. The van der Waals surface area contributed by atoms with Gasteiger partial charge in [-0.1, -0.05) is 47.5 Å². The number of furan rings is 1. The van der Waals surface area contributed by atoms with Crippen LogP contribution in [0.25, 0.3) is 22.2 Å². The fourth-order valence-electron chi connectivity index (χ4n) is 2.80. The second-order valence-electron chi connectivity index (χ2n) is 6.22. The molecule has 6 nitrogen and oxygen atoms in total. The normalized spacial score (nSPS) is 11.1. The van der Waals surface area contributed by atoms with Crippen LogP contribution >= 0.6 is 23.2 Å². The van der Waals surface area contributed by atoms with E-state index in [0.29, 0.717) is 38.4 Å². The highest BCUT2D eigenvalue weighted by Crippen LogP contribution is 2.34. The Morgan fingerprint density at radius 2 is 1.93 bits per heavy atom. The van der Waals surface area contributed by atoms with Gasteiger partial charge in [-0.05, 0) is 36.4 Å². The molecule has 0 saturated heterocycles. The third kappa shape index (κ3) is 4.45. The molecule has 0 unspecified atom stereocenters. The zero-order valence-corrected chi connectivity index (χ0v) is 17.0. The first-order chi connectivity index (χ1) is 14.6. The highest BCUT2D eigenvalue weighted by atomic mass is 35.5. The van der Waals surface area contributed by atoms with Crippen LogP contribution in [0.15, 0.2) is 76.4 Å². The number of halogens is 2. The number of carbonyl (C=O) groups is 1. The summed E-state index contributed by atoms with van der Waals surface area (Å²) in [6.07, 6.45) is 3.06. The number of hydrazone groups is 1. The predicted octanol–water partition coefficient (Wildman–Crippen LogP) is 5.33. The standard InChI is InChI=1S/C22H15Cl2N3O3/c23-17-7-2-6-16(21(17)24)18-10-9-15(30-18)12-26-27-20(28)13-29-19-8-1-4-14-5-3-11-25-22(14)19/h1-12H,13H2,(H,27,28)/b26-12-.